The first-order valence-corrected chi connectivity index (χ1v) is 9.95. The van der Waals surface area contributed by atoms with Gasteiger partial charge in [-0.2, -0.15) is 9.47 Å². The van der Waals surface area contributed by atoms with Crippen molar-refractivity contribution in [2.75, 3.05) is 0 Å². The van der Waals surface area contributed by atoms with E-state index in [2.05, 4.69) is 19.4 Å². The molecule has 0 radical (unpaired) electrons. The summed E-state index contributed by atoms with van der Waals surface area (Å²) in [4.78, 5) is 8.32. The predicted octanol–water partition coefficient (Wildman–Crippen LogP) is 3.60. The van der Waals surface area contributed by atoms with Crippen LogP contribution in [-0.4, -0.2) is 34.5 Å². The van der Waals surface area contributed by atoms with Crippen molar-refractivity contribution in [1.29, 1.82) is 0 Å². The molecule has 3 rings (SSSR count). The van der Waals surface area contributed by atoms with Gasteiger partial charge in [0.15, 0.2) is 4.34 Å². The zero-order valence-electron chi connectivity index (χ0n) is 15.0. The number of hydrogen-bond donors (Lipinski definition) is 1. The van der Waals surface area contributed by atoms with E-state index >= 15 is 0 Å². The van der Waals surface area contributed by atoms with Crippen molar-refractivity contribution in [3.8, 4) is 0 Å². The van der Waals surface area contributed by atoms with Gasteiger partial charge in [-0.1, -0.05) is 31.7 Å². The van der Waals surface area contributed by atoms with Crippen LogP contribution in [0.25, 0.3) is 0 Å². The largest absolute Gasteiger partial charge is 0.382 e. The summed E-state index contributed by atoms with van der Waals surface area (Å²) in [6.45, 7) is 5.71. The van der Waals surface area contributed by atoms with Crippen molar-refractivity contribution >= 4 is 23.3 Å². The maximum atomic E-state index is 14.5. The van der Waals surface area contributed by atoms with Crippen molar-refractivity contribution in [3.05, 3.63) is 53.9 Å². The molecule has 0 aliphatic carbocycles. The van der Waals surface area contributed by atoms with Gasteiger partial charge in [-0.05, 0) is 24.5 Å². The van der Waals surface area contributed by atoms with Crippen LogP contribution >= 0.6 is 23.3 Å². The number of aromatic nitrogens is 5. The lowest BCUT2D eigenvalue weighted by Gasteiger charge is -2.33. The van der Waals surface area contributed by atoms with Gasteiger partial charge in [-0.25, -0.2) is 23.4 Å². The molecule has 1 aromatic carbocycles. The Hall–Kier alpha value is -1.91. The van der Waals surface area contributed by atoms with Crippen molar-refractivity contribution in [2.45, 2.75) is 48.4 Å². The lowest BCUT2D eigenvalue weighted by atomic mass is 9.90. The van der Waals surface area contributed by atoms with Crippen molar-refractivity contribution in [3.63, 3.8) is 0 Å². The van der Waals surface area contributed by atoms with Gasteiger partial charge in [-0.15, -0.1) is 0 Å². The Morgan fingerprint density at radius 3 is 2.67 bits per heavy atom. The van der Waals surface area contributed by atoms with Gasteiger partial charge in [0.1, 0.15) is 35.7 Å². The van der Waals surface area contributed by atoms with Crippen molar-refractivity contribution in [1.82, 2.24) is 24.1 Å². The van der Waals surface area contributed by atoms with E-state index in [9.17, 15) is 13.9 Å². The quantitative estimate of drug-likeness (QED) is 0.599. The Kier molecular flexibility index (Phi) is 5.87. The molecule has 0 aliphatic rings. The smallest absolute Gasteiger partial charge is 0.170 e. The van der Waals surface area contributed by atoms with E-state index in [1.807, 2.05) is 13.8 Å². The molecule has 1 N–H and O–H groups in total. The average molecular weight is 412 g/mol. The summed E-state index contributed by atoms with van der Waals surface area (Å²) in [5.74, 6) is -0.604. The fraction of sp³-hybridized carbons (Fsp3) is 0.412. The number of benzene rings is 1. The first kappa shape index (κ1) is 19.8. The molecule has 3 aromatic rings. The van der Waals surface area contributed by atoms with E-state index in [4.69, 9.17) is 0 Å². The minimum absolute atomic E-state index is 0.00648. The Bertz CT molecular complexity index is 903. The molecule has 2 atom stereocenters. The summed E-state index contributed by atoms with van der Waals surface area (Å²) in [6.07, 6.45) is 2.77. The van der Waals surface area contributed by atoms with Gasteiger partial charge in [0.05, 0.1) is 6.54 Å². The highest BCUT2D eigenvalue weighted by molar-refractivity contribution is 8.01. The molecule has 2 heterocycles. The van der Waals surface area contributed by atoms with Gasteiger partial charge < -0.3 is 5.11 Å². The Balaban J connectivity index is 1.94. The highest BCUT2D eigenvalue weighted by Gasteiger charge is 2.40. The summed E-state index contributed by atoms with van der Waals surface area (Å²) in [5, 5.41) is 14.9. The molecule has 27 heavy (non-hydrogen) atoms. The van der Waals surface area contributed by atoms with Gasteiger partial charge in [0.2, 0.25) is 0 Å². The SMILES string of the molecule is CC(C)c1nsc(S[C@H](C)C(O)(Cn2cncn2)c2ccc(F)cc2F)n1. The second kappa shape index (κ2) is 7.99. The molecule has 6 nitrogen and oxygen atoms in total. The van der Waals surface area contributed by atoms with E-state index in [1.165, 1.54) is 46.7 Å². The van der Waals surface area contributed by atoms with Crippen LogP contribution in [0.3, 0.4) is 0 Å². The van der Waals surface area contributed by atoms with Crippen LogP contribution < -0.4 is 0 Å². The number of rotatable bonds is 7. The minimum atomic E-state index is -1.67. The molecule has 0 fully saturated rings. The molecular formula is C17H19F2N5OS2. The van der Waals surface area contributed by atoms with Crippen LogP contribution in [0.2, 0.25) is 0 Å². The molecule has 144 valence electrons. The van der Waals surface area contributed by atoms with E-state index in [-0.39, 0.29) is 18.0 Å². The lowest BCUT2D eigenvalue weighted by Crippen LogP contribution is -2.41. The first-order valence-electron chi connectivity index (χ1n) is 8.30. The highest BCUT2D eigenvalue weighted by atomic mass is 32.2. The number of hydrogen-bond acceptors (Lipinski definition) is 7. The van der Waals surface area contributed by atoms with Crippen molar-refractivity contribution < 1.29 is 13.9 Å². The molecule has 10 heteroatoms. The van der Waals surface area contributed by atoms with Crippen LogP contribution in [0.5, 0.6) is 0 Å². The third kappa shape index (κ3) is 4.33. The van der Waals surface area contributed by atoms with Gasteiger partial charge in [0, 0.05) is 22.8 Å². The molecule has 0 aliphatic heterocycles. The third-order valence-corrected chi connectivity index (χ3v) is 6.23. The topological polar surface area (TPSA) is 76.7 Å². The molecule has 0 spiro atoms. The van der Waals surface area contributed by atoms with Crippen LogP contribution in [0.15, 0.2) is 35.2 Å². The molecule has 0 bridgehead atoms. The minimum Gasteiger partial charge on any atom is -0.382 e. The fourth-order valence-corrected chi connectivity index (χ4v) is 4.71. The molecule has 0 amide bonds. The summed E-state index contributed by atoms with van der Waals surface area (Å²) < 4.78 is 34.3. The number of aliphatic hydroxyl groups is 1. The summed E-state index contributed by atoms with van der Waals surface area (Å²) in [6, 6.07) is 3.16. The molecule has 0 saturated carbocycles. The number of halogens is 2. The zero-order chi connectivity index (χ0) is 19.6. The van der Waals surface area contributed by atoms with E-state index in [1.54, 1.807) is 6.92 Å². The second-order valence-electron chi connectivity index (χ2n) is 6.47. The molecule has 1 unspecified atom stereocenters. The van der Waals surface area contributed by atoms with E-state index < -0.39 is 22.5 Å². The maximum absolute atomic E-state index is 14.5. The Morgan fingerprint density at radius 2 is 2.07 bits per heavy atom. The predicted molar refractivity (Wildman–Crippen MR) is 99.6 cm³/mol. The fourth-order valence-electron chi connectivity index (χ4n) is 2.59. The third-order valence-electron chi connectivity index (χ3n) is 4.16. The van der Waals surface area contributed by atoms with Crippen LogP contribution in [0.1, 0.15) is 38.1 Å². The standard InChI is InChI=1S/C17H19F2N5OS2/c1-10(2)15-22-16(27-23-15)26-11(3)17(25,7-24-9-20-8-21-24)13-5-4-12(18)6-14(13)19/h4-6,8-11,25H,7H2,1-3H3/t11-,17?/m1/s1. The summed E-state index contributed by atoms with van der Waals surface area (Å²) >= 11 is 2.53. The van der Waals surface area contributed by atoms with Crippen LogP contribution in [0, 0.1) is 11.6 Å². The Morgan fingerprint density at radius 1 is 1.30 bits per heavy atom. The van der Waals surface area contributed by atoms with Gasteiger partial charge in [0.25, 0.3) is 0 Å². The highest BCUT2D eigenvalue weighted by Crippen LogP contribution is 2.40. The Labute approximate surface area is 163 Å². The monoisotopic (exact) mass is 411 g/mol. The van der Waals surface area contributed by atoms with Crippen LogP contribution in [0.4, 0.5) is 8.78 Å². The summed E-state index contributed by atoms with van der Waals surface area (Å²) in [5.41, 5.74) is -1.67. The maximum Gasteiger partial charge on any atom is 0.170 e. The molecule has 2 aromatic heterocycles. The molecule has 0 saturated heterocycles. The lowest BCUT2D eigenvalue weighted by molar-refractivity contribution is 0.0133. The summed E-state index contributed by atoms with van der Waals surface area (Å²) in [7, 11) is 0. The zero-order valence-corrected chi connectivity index (χ0v) is 16.6. The van der Waals surface area contributed by atoms with Crippen LogP contribution in [-0.2, 0) is 12.1 Å². The van der Waals surface area contributed by atoms with E-state index in [0.717, 1.165) is 18.0 Å². The van der Waals surface area contributed by atoms with Gasteiger partial charge >= 0.3 is 0 Å². The average Bonchev–Trinajstić information content (AvgIpc) is 3.26. The number of thioether (sulfide) groups is 1. The number of nitrogens with zero attached hydrogens (tertiary/aromatic N) is 5. The van der Waals surface area contributed by atoms with Crippen molar-refractivity contribution in [2.24, 2.45) is 0 Å². The first-order chi connectivity index (χ1) is 12.8. The van der Waals surface area contributed by atoms with E-state index in [0.29, 0.717) is 4.34 Å². The second-order valence-corrected chi connectivity index (χ2v) is 8.81. The molecular weight excluding hydrogens is 392 g/mol. The normalized spacial score (nSPS) is 15.1. The van der Waals surface area contributed by atoms with Gasteiger partial charge in [-0.3, -0.25) is 0 Å².